The molecule has 1 aliphatic rings. The minimum atomic E-state index is 0.379. The highest BCUT2D eigenvalue weighted by molar-refractivity contribution is 5.06. The molecule has 3 nitrogen and oxygen atoms in total. The molecule has 0 saturated carbocycles. The summed E-state index contributed by atoms with van der Waals surface area (Å²) in [7, 11) is 0. The topological polar surface area (TPSA) is 34.1 Å². The lowest BCUT2D eigenvalue weighted by Crippen LogP contribution is -2.35. The molecule has 0 bridgehead atoms. The van der Waals surface area contributed by atoms with E-state index in [-0.39, 0.29) is 0 Å². The second kappa shape index (κ2) is 5.08. The van der Waals surface area contributed by atoms with E-state index in [9.17, 15) is 0 Å². The Morgan fingerprint density at radius 2 is 2.57 bits per heavy atom. The molecule has 1 aromatic heterocycles. The van der Waals surface area contributed by atoms with E-state index in [4.69, 9.17) is 4.74 Å². The SMILES string of the molecule is c1cncc(CO[C@H]2CCCNC2)c1. The summed E-state index contributed by atoms with van der Waals surface area (Å²) in [5, 5.41) is 3.33. The van der Waals surface area contributed by atoms with E-state index in [2.05, 4.69) is 10.3 Å². The van der Waals surface area contributed by atoms with Crippen LogP contribution in [-0.4, -0.2) is 24.2 Å². The Labute approximate surface area is 84.5 Å². The number of nitrogens with one attached hydrogen (secondary N) is 1. The summed E-state index contributed by atoms with van der Waals surface area (Å²) in [6.07, 6.45) is 6.41. The smallest absolute Gasteiger partial charge is 0.0736 e. The van der Waals surface area contributed by atoms with Crippen molar-refractivity contribution in [2.24, 2.45) is 0 Å². The van der Waals surface area contributed by atoms with Crippen LogP contribution in [0.15, 0.2) is 24.5 Å². The normalized spacial score (nSPS) is 22.1. The summed E-state index contributed by atoms with van der Waals surface area (Å²) in [4.78, 5) is 4.05. The summed E-state index contributed by atoms with van der Waals surface area (Å²) in [6, 6.07) is 3.99. The van der Waals surface area contributed by atoms with Crippen molar-refractivity contribution in [3.63, 3.8) is 0 Å². The number of pyridine rings is 1. The first-order valence-corrected chi connectivity index (χ1v) is 5.16. The molecule has 0 unspecified atom stereocenters. The van der Waals surface area contributed by atoms with Gasteiger partial charge in [0.2, 0.25) is 0 Å². The minimum absolute atomic E-state index is 0.379. The van der Waals surface area contributed by atoms with Crippen LogP contribution in [0, 0.1) is 0 Å². The predicted octanol–water partition coefficient (Wildman–Crippen LogP) is 1.35. The first kappa shape index (κ1) is 9.62. The summed E-state index contributed by atoms with van der Waals surface area (Å²) in [5.41, 5.74) is 1.15. The highest BCUT2D eigenvalue weighted by Crippen LogP contribution is 2.08. The van der Waals surface area contributed by atoms with E-state index in [0.29, 0.717) is 12.7 Å². The number of hydrogen-bond donors (Lipinski definition) is 1. The van der Waals surface area contributed by atoms with Crippen molar-refractivity contribution in [1.29, 1.82) is 0 Å². The lowest BCUT2D eigenvalue weighted by molar-refractivity contribution is 0.0252. The molecule has 0 aliphatic carbocycles. The van der Waals surface area contributed by atoms with Crippen molar-refractivity contribution >= 4 is 0 Å². The Balaban J connectivity index is 1.76. The molecule has 1 atom stereocenters. The summed E-state index contributed by atoms with van der Waals surface area (Å²) >= 11 is 0. The van der Waals surface area contributed by atoms with Crippen LogP contribution in [0.3, 0.4) is 0 Å². The molecule has 0 spiro atoms. The molecule has 2 rings (SSSR count). The van der Waals surface area contributed by atoms with Crippen molar-refractivity contribution in [2.75, 3.05) is 13.1 Å². The van der Waals surface area contributed by atoms with Gasteiger partial charge in [0.1, 0.15) is 0 Å². The van der Waals surface area contributed by atoms with Gasteiger partial charge in [0.25, 0.3) is 0 Å². The quantitative estimate of drug-likeness (QED) is 0.785. The van der Waals surface area contributed by atoms with Gasteiger partial charge in [-0.15, -0.1) is 0 Å². The van der Waals surface area contributed by atoms with Crippen molar-refractivity contribution in [3.05, 3.63) is 30.1 Å². The fourth-order valence-corrected chi connectivity index (χ4v) is 1.66. The fraction of sp³-hybridized carbons (Fsp3) is 0.545. The first-order valence-electron chi connectivity index (χ1n) is 5.16. The third kappa shape index (κ3) is 2.79. The monoisotopic (exact) mass is 192 g/mol. The van der Waals surface area contributed by atoms with Gasteiger partial charge in [-0.05, 0) is 31.0 Å². The second-order valence-corrected chi connectivity index (χ2v) is 3.64. The van der Waals surface area contributed by atoms with Crippen LogP contribution in [0.5, 0.6) is 0 Å². The average molecular weight is 192 g/mol. The van der Waals surface area contributed by atoms with Gasteiger partial charge in [0.15, 0.2) is 0 Å². The molecule has 14 heavy (non-hydrogen) atoms. The van der Waals surface area contributed by atoms with E-state index in [0.717, 1.165) is 18.7 Å². The minimum Gasteiger partial charge on any atom is -0.372 e. The van der Waals surface area contributed by atoms with Crippen LogP contribution < -0.4 is 5.32 Å². The largest absolute Gasteiger partial charge is 0.372 e. The van der Waals surface area contributed by atoms with Gasteiger partial charge in [-0.2, -0.15) is 0 Å². The van der Waals surface area contributed by atoms with E-state index in [1.807, 2.05) is 18.3 Å². The molecule has 3 heteroatoms. The number of hydrogen-bond acceptors (Lipinski definition) is 3. The number of piperidine rings is 1. The maximum Gasteiger partial charge on any atom is 0.0736 e. The van der Waals surface area contributed by atoms with Crippen LogP contribution in [0.2, 0.25) is 0 Å². The zero-order valence-corrected chi connectivity index (χ0v) is 8.28. The molecule has 1 saturated heterocycles. The van der Waals surface area contributed by atoms with Crippen LogP contribution >= 0.6 is 0 Å². The van der Waals surface area contributed by atoms with Gasteiger partial charge >= 0.3 is 0 Å². The Morgan fingerprint density at radius 3 is 3.29 bits per heavy atom. The lowest BCUT2D eigenvalue weighted by Gasteiger charge is -2.22. The van der Waals surface area contributed by atoms with Crippen molar-refractivity contribution in [1.82, 2.24) is 10.3 Å². The van der Waals surface area contributed by atoms with Gasteiger partial charge in [0, 0.05) is 18.9 Å². The first-order chi connectivity index (χ1) is 6.95. The van der Waals surface area contributed by atoms with E-state index in [1.54, 1.807) is 6.20 Å². The summed E-state index contributed by atoms with van der Waals surface area (Å²) < 4.78 is 5.77. The molecule has 0 amide bonds. The third-order valence-corrected chi connectivity index (χ3v) is 2.46. The third-order valence-electron chi connectivity index (χ3n) is 2.46. The van der Waals surface area contributed by atoms with E-state index in [1.165, 1.54) is 12.8 Å². The molecule has 0 aromatic carbocycles. The predicted molar refractivity (Wildman–Crippen MR) is 54.9 cm³/mol. The van der Waals surface area contributed by atoms with Gasteiger partial charge in [-0.3, -0.25) is 4.98 Å². The number of rotatable bonds is 3. The van der Waals surface area contributed by atoms with Crippen LogP contribution in [0.25, 0.3) is 0 Å². The van der Waals surface area contributed by atoms with Gasteiger partial charge in [-0.1, -0.05) is 6.07 Å². The Kier molecular flexibility index (Phi) is 3.49. The van der Waals surface area contributed by atoms with Crippen molar-refractivity contribution in [2.45, 2.75) is 25.6 Å². The number of aromatic nitrogens is 1. The molecule has 1 aliphatic heterocycles. The molecule has 76 valence electrons. The molecule has 1 fully saturated rings. The summed E-state index contributed by atoms with van der Waals surface area (Å²) in [6.45, 7) is 2.80. The Bertz CT molecular complexity index is 257. The van der Waals surface area contributed by atoms with Crippen LogP contribution in [0.4, 0.5) is 0 Å². The zero-order valence-electron chi connectivity index (χ0n) is 8.28. The second-order valence-electron chi connectivity index (χ2n) is 3.64. The summed E-state index contributed by atoms with van der Waals surface area (Å²) in [5.74, 6) is 0. The highest BCUT2D eigenvalue weighted by Gasteiger charge is 2.12. The van der Waals surface area contributed by atoms with Crippen LogP contribution in [-0.2, 0) is 11.3 Å². The molecule has 1 N–H and O–H groups in total. The molecule has 2 heterocycles. The maximum absolute atomic E-state index is 5.77. The molecular weight excluding hydrogens is 176 g/mol. The standard InChI is InChI=1S/C11H16N2O/c1-3-10(7-12-5-1)9-14-11-4-2-6-13-8-11/h1,3,5,7,11,13H,2,4,6,8-9H2/t11-/m0/s1. The lowest BCUT2D eigenvalue weighted by atomic mass is 10.1. The highest BCUT2D eigenvalue weighted by atomic mass is 16.5. The zero-order chi connectivity index (χ0) is 9.64. The average Bonchev–Trinajstić information content (AvgIpc) is 2.29. The molecular formula is C11H16N2O. The van der Waals surface area contributed by atoms with Gasteiger partial charge < -0.3 is 10.1 Å². The number of ether oxygens (including phenoxy) is 1. The van der Waals surface area contributed by atoms with Crippen molar-refractivity contribution in [3.8, 4) is 0 Å². The Hall–Kier alpha value is -0.930. The van der Waals surface area contributed by atoms with E-state index < -0.39 is 0 Å². The van der Waals surface area contributed by atoms with Gasteiger partial charge in [0.05, 0.1) is 12.7 Å². The fourth-order valence-electron chi connectivity index (χ4n) is 1.66. The van der Waals surface area contributed by atoms with E-state index >= 15 is 0 Å². The van der Waals surface area contributed by atoms with Crippen LogP contribution in [0.1, 0.15) is 18.4 Å². The molecule has 0 radical (unpaired) electrons. The van der Waals surface area contributed by atoms with Crippen molar-refractivity contribution < 1.29 is 4.74 Å². The van der Waals surface area contributed by atoms with Gasteiger partial charge in [-0.25, -0.2) is 0 Å². The Morgan fingerprint density at radius 1 is 1.57 bits per heavy atom. The molecule has 1 aromatic rings. The number of nitrogens with zero attached hydrogens (tertiary/aromatic N) is 1. The maximum atomic E-state index is 5.77.